The second-order valence-electron chi connectivity index (χ2n) is 6.60. The number of methoxy groups -OCH3 is 1. The molecule has 7 nitrogen and oxygen atoms in total. The van der Waals surface area contributed by atoms with Gasteiger partial charge < -0.3 is 10.1 Å². The van der Waals surface area contributed by atoms with Crippen LogP contribution in [0.3, 0.4) is 0 Å². The van der Waals surface area contributed by atoms with Crippen molar-refractivity contribution >= 4 is 17.2 Å². The topological polar surface area (TPSA) is 75.9 Å². The highest BCUT2D eigenvalue weighted by atomic mass is 16.5. The number of hydrogen-bond donors (Lipinski definition) is 1. The summed E-state index contributed by atoms with van der Waals surface area (Å²) < 4.78 is 6.65. The van der Waals surface area contributed by atoms with Crippen LogP contribution in [0.1, 0.15) is 18.2 Å². The Bertz CT molecular complexity index is 1030. The van der Waals surface area contributed by atoms with Crippen LogP contribution in [-0.4, -0.2) is 40.4 Å². The van der Waals surface area contributed by atoms with E-state index in [1.54, 1.807) is 37.6 Å². The van der Waals surface area contributed by atoms with Gasteiger partial charge in [-0.05, 0) is 49.4 Å². The predicted octanol–water partition coefficient (Wildman–Crippen LogP) is 2.47. The lowest BCUT2D eigenvalue weighted by molar-refractivity contribution is -0.117. The molecule has 1 N–H and O–H groups in total. The molecule has 2 aromatic heterocycles. The molecule has 0 aliphatic carbocycles. The summed E-state index contributed by atoms with van der Waals surface area (Å²) in [5.74, 6) is 0.609. The summed E-state index contributed by atoms with van der Waals surface area (Å²) in [6, 6.07) is 12.4. The molecule has 3 aromatic rings. The fraction of sp³-hybridized carbons (Fsp3) is 0.286. The van der Waals surface area contributed by atoms with Crippen molar-refractivity contribution in [3.63, 3.8) is 0 Å². The molecule has 2 heterocycles. The van der Waals surface area contributed by atoms with Gasteiger partial charge in [0.15, 0.2) is 0 Å². The molecule has 1 aromatic carbocycles. The molecule has 0 fully saturated rings. The molecule has 146 valence electrons. The van der Waals surface area contributed by atoms with E-state index < -0.39 is 0 Å². The molecule has 0 aliphatic rings. The van der Waals surface area contributed by atoms with E-state index in [1.165, 1.54) is 10.5 Å². The number of anilines is 1. The molecule has 0 radical (unpaired) electrons. The van der Waals surface area contributed by atoms with Crippen LogP contribution in [0.25, 0.3) is 5.65 Å². The molecule has 7 heteroatoms. The van der Waals surface area contributed by atoms with Crippen LogP contribution in [-0.2, 0) is 11.3 Å². The average molecular weight is 380 g/mol. The molecule has 28 heavy (non-hydrogen) atoms. The van der Waals surface area contributed by atoms with Crippen LogP contribution in [0.15, 0.2) is 53.5 Å². The maximum Gasteiger partial charge on any atom is 0.258 e. The number of rotatable bonds is 7. The van der Waals surface area contributed by atoms with Crippen LogP contribution >= 0.6 is 0 Å². The van der Waals surface area contributed by atoms with Gasteiger partial charge in [-0.25, -0.2) is 4.98 Å². The van der Waals surface area contributed by atoms with Crippen LogP contribution in [0.2, 0.25) is 0 Å². The van der Waals surface area contributed by atoms with E-state index in [9.17, 15) is 9.59 Å². The van der Waals surface area contributed by atoms with Gasteiger partial charge in [0.1, 0.15) is 11.4 Å². The first kappa shape index (κ1) is 19.6. The van der Waals surface area contributed by atoms with Crippen molar-refractivity contribution in [1.82, 2.24) is 14.3 Å². The molecular formula is C21H24N4O3. The number of likely N-dealkylation sites (N-methyl/N-ethyl adjacent to an activating group) is 1. The van der Waals surface area contributed by atoms with Crippen LogP contribution in [0, 0.1) is 6.92 Å². The van der Waals surface area contributed by atoms with Crippen molar-refractivity contribution in [3.05, 3.63) is 70.3 Å². The summed E-state index contributed by atoms with van der Waals surface area (Å²) >= 11 is 0. The van der Waals surface area contributed by atoms with Crippen molar-refractivity contribution in [2.45, 2.75) is 20.4 Å². The summed E-state index contributed by atoms with van der Waals surface area (Å²) in [5, 5.41) is 2.87. The van der Waals surface area contributed by atoms with E-state index in [2.05, 4.69) is 10.3 Å². The SMILES string of the molecule is CCN(CC(=O)Nc1ccc(OC)cc1)Cc1cc(=O)n2cc(C)ccc2n1. The van der Waals surface area contributed by atoms with Crippen LogP contribution in [0.5, 0.6) is 5.75 Å². The Kier molecular flexibility index (Phi) is 6.06. The Balaban J connectivity index is 1.68. The van der Waals surface area contributed by atoms with Gasteiger partial charge >= 0.3 is 0 Å². The number of benzene rings is 1. The lowest BCUT2D eigenvalue weighted by Gasteiger charge is -2.19. The molecule has 1 amide bonds. The minimum Gasteiger partial charge on any atom is -0.497 e. The zero-order valence-electron chi connectivity index (χ0n) is 16.3. The number of aromatic nitrogens is 2. The van der Waals surface area contributed by atoms with Crippen molar-refractivity contribution in [2.24, 2.45) is 0 Å². The molecule has 0 unspecified atom stereocenters. The maximum atomic E-state index is 12.4. The van der Waals surface area contributed by atoms with E-state index in [1.807, 2.05) is 30.9 Å². The van der Waals surface area contributed by atoms with E-state index in [0.717, 1.165) is 11.3 Å². The molecule has 0 aliphatic heterocycles. The van der Waals surface area contributed by atoms with Crippen LogP contribution in [0.4, 0.5) is 5.69 Å². The highest BCUT2D eigenvalue weighted by molar-refractivity contribution is 5.92. The second kappa shape index (κ2) is 8.67. The van der Waals surface area contributed by atoms with E-state index in [4.69, 9.17) is 4.74 Å². The zero-order valence-corrected chi connectivity index (χ0v) is 16.3. The standard InChI is InChI=1S/C21H24N4O3/c1-4-24(14-20(26)23-16-6-8-18(28-3)9-7-16)13-17-11-21(27)25-12-15(2)5-10-19(25)22-17/h5-12H,4,13-14H2,1-3H3,(H,23,26). The molecule has 3 rings (SSSR count). The van der Waals surface area contributed by atoms with Crippen molar-refractivity contribution < 1.29 is 9.53 Å². The fourth-order valence-corrected chi connectivity index (χ4v) is 2.93. The number of ether oxygens (including phenoxy) is 1. The van der Waals surface area contributed by atoms with Gasteiger partial charge in [0.25, 0.3) is 5.56 Å². The minimum absolute atomic E-state index is 0.123. The maximum absolute atomic E-state index is 12.4. The van der Waals surface area contributed by atoms with Gasteiger partial charge in [0, 0.05) is 24.5 Å². The summed E-state index contributed by atoms with van der Waals surface area (Å²) in [7, 11) is 1.60. The van der Waals surface area contributed by atoms with Gasteiger partial charge in [-0.1, -0.05) is 13.0 Å². The Morgan fingerprint density at radius 2 is 1.96 bits per heavy atom. The average Bonchev–Trinajstić information content (AvgIpc) is 2.68. The fourth-order valence-electron chi connectivity index (χ4n) is 2.93. The molecule has 0 saturated heterocycles. The summed E-state index contributed by atoms with van der Waals surface area (Å²) in [5.41, 5.74) is 2.83. The van der Waals surface area contributed by atoms with Gasteiger partial charge in [0.05, 0.1) is 19.3 Å². The lowest BCUT2D eigenvalue weighted by atomic mass is 10.3. The molecule has 0 bridgehead atoms. The molecule has 0 atom stereocenters. The van der Waals surface area contributed by atoms with E-state index in [0.29, 0.717) is 30.1 Å². The first-order valence-corrected chi connectivity index (χ1v) is 9.13. The van der Waals surface area contributed by atoms with Crippen molar-refractivity contribution in [3.8, 4) is 5.75 Å². The smallest absolute Gasteiger partial charge is 0.258 e. The van der Waals surface area contributed by atoms with E-state index >= 15 is 0 Å². The van der Waals surface area contributed by atoms with Crippen LogP contribution < -0.4 is 15.6 Å². The highest BCUT2D eigenvalue weighted by Gasteiger charge is 2.12. The molecular weight excluding hydrogens is 356 g/mol. The Hall–Kier alpha value is -3.19. The van der Waals surface area contributed by atoms with Gasteiger partial charge in [-0.3, -0.25) is 18.9 Å². The molecule has 0 saturated carbocycles. The van der Waals surface area contributed by atoms with Crippen molar-refractivity contribution in [1.29, 1.82) is 0 Å². The first-order valence-electron chi connectivity index (χ1n) is 9.13. The minimum atomic E-state index is -0.125. The Labute approximate surface area is 163 Å². The quantitative estimate of drug-likeness (QED) is 0.681. The number of nitrogens with zero attached hydrogens (tertiary/aromatic N) is 3. The number of pyridine rings is 1. The zero-order chi connectivity index (χ0) is 20.1. The highest BCUT2D eigenvalue weighted by Crippen LogP contribution is 2.15. The first-order chi connectivity index (χ1) is 13.5. The number of hydrogen-bond acceptors (Lipinski definition) is 5. The monoisotopic (exact) mass is 380 g/mol. The summed E-state index contributed by atoms with van der Waals surface area (Å²) in [4.78, 5) is 31.2. The Morgan fingerprint density at radius 3 is 2.64 bits per heavy atom. The lowest BCUT2D eigenvalue weighted by Crippen LogP contribution is -2.33. The number of fused-ring (bicyclic) bond motifs is 1. The normalized spacial score (nSPS) is 11.0. The van der Waals surface area contributed by atoms with Gasteiger partial charge in [-0.15, -0.1) is 0 Å². The third-order valence-corrected chi connectivity index (χ3v) is 4.43. The van der Waals surface area contributed by atoms with Crippen molar-refractivity contribution in [2.75, 3.05) is 25.5 Å². The summed E-state index contributed by atoms with van der Waals surface area (Å²) in [6.45, 7) is 5.19. The van der Waals surface area contributed by atoms with Gasteiger partial charge in [-0.2, -0.15) is 0 Å². The number of carbonyl (C=O) groups is 1. The number of nitrogens with one attached hydrogen (secondary N) is 1. The van der Waals surface area contributed by atoms with E-state index in [-0.39, 0.29) is 18.0 Å². The number of aryl methyl sites for hydroxylation is 1. The van der Waals surface area contributed by atoms with Gasteiger partial charge in [0.2, 0.25) is 5.91 Å². The largest absolute Gasteiger partial charge is 0.497 e. The third kappa shape index (κ3) is 4.75. The molecule has 0 spiro atoms. The number of amides is 1. The third-order valence-electron chi connectivity index (χ3n) is 4.43. The second-order valence-corrected chi connectivity index (χ2v) is 6.60. The predicted molar refractivity (Wildman–Crippen MR) is 109 cm³/mol. The Morgan fingerprint density at radius 1 is 1.21 bits per heavy atom. The summed E-state index contributed by atoms with van der Waals surface area (Å²) in [6.07, 6.45) is 1.77. The number of carbonyl (C=O) groups excluding carboxylic acids is 1.